The van der Waals surface area contributed by atoms with Gasteiger partial charge in [-0.3, -0.25) is 4.79 Å². The molecule has 0 spiro atoms. The maximum atomic E-state index is 14.1. The predicted molar refractivity (Wildman–Crippen MR) is 95.3 cm³/mol. The van der Waals surface area contributed by atoms with E-state index in [1.54, 1.807) is 28.8 Å². The van der Waals surface area contributed by atoms with E-state index in [1.807, 2.05) is 32.0 Å². The Balaban J connectivity index is 1.93. The van der Waals surface area contributed by atoms with Gasteiger partial charge in [-0.05, 0) is 27.1 Å². The van der Waals surface area contributed by atoms with Crippen LogP contribution in [0, 0.1) is 12.7 Å². The second-order valence-corrected chi connectivity index (χ2v) is 6.37. The van der Waals surface area contributed by atoms with Crippen molar-refractivity contribution in [1.29, 1.82) is 0 Å². The molecule has 3 aromatic rings. The van der Waals surface area contributed by atoms with E-state index in [2.05, 4.69) is 5.32 Å². The molecule has 0 aliphatic heterocycles. The van der Waals surface area contributed by atoms with Gasteiger partial charge < -0.3 is 19.2 Å². The van der Waals surface area contributed by atoms with Crippen LogP contribution in [0.25, 0.3) is 11.1 Å². The maximum absolute atomic E-state index is 14.1. The number of benzene rings is 1. The average molecular weight is 343 g/mol. The molecule has 6 heteroatoms. The first kappa shape index (κ1) is 17.2. The highest BCUT2D eigenvalue weighted by molar-refractivity contribution is 5.97. The number of rotatable bonds is 6. The summed E-state index contributed by atoms with van der Waals surface area (Å²) in [6.07, 6.45) is 0. The molecule has 1 N–H and O–H groups in total. The van der Waals surface area contributed by atoms with Crippen molar-refractivity contribution in [3.8, 4) is 0 Å². The second kappa shape index (κ2) is 7.11. The van der Waals surface area contributed by atoms with Gasteiger partial charge in [-0.15, -0.1) is 0 Å². The van der Waals surface area contributed by atoms with Crippen LogP contribution in [0.4, 0.5) is 4.39 Å². The quantitative estimate of drug-likeness (QED) is 0.748. The fraction of sp³-hybridized carbons (Fsp3) is 0.316. The molecular weight excluding hydrogens is 321 g/mol. The summed E-state index contributed by atoms with van der Waals surface area (Å²) in [4.78, 5) is 14.6. The van der Waals surface area contributed by atoms with Gasteiger partial charge >= 0.3 is 0 Å². The molecule has 0 aliphatic rings. The Morgan fingerprint density at radius 1 is 1.28 bits per heavy atom. The van der Waals surface area contributed by atoms with Gasteiger partial charge in [0.25, 0.3) is 5.91 Å². The van der Waals surface area contributed by atoms with Crippen LogP contribution in [0.2, 0.25) is 0 Å². The fourth-order valence-corrected chi connectivity index (χ4v) is 2.80. The van der Waals surface area contributed by atoms with Crippen LogP contribution in [-0.2, 0) is 6.54 Å². The SMILES string of the molecule is Cc1cc2c(cc(C(=O)NCCN(C)C)n2Cc2ccccc2F)o1. The van der Waals surface area contributed by atoms with E-state index in [9.17, 15) is 9.18 Å². The molecule has 132 valence electrons. The first-order valence-corrected chi connectivity index (χ1v) is 8.21. The molecule has 25 heavy (non-hydrogen) atoms. The van der Waals surface area contributed by atoms with Gasteiger partial charge in [0.15, 0.2) is 5.58 Å². The number of hydrogen-bond donors (Lipinski definition) is 1. The van der Waals surface area contributed by atoms with Gasteiger partial charge in [0.1, 0.15) is 17.3 Å². The number of hydrogen-bond acceptors (Lipinski definition) is 3. The number of nitrogens with zero attached hydrogens (tertiary/aromatic N) is 2. The smallest absolute Gasteiger partial charge is 0.268 e. The Bertz CT molecular complexity index is 895. The molecular formula is C19H22FN3O2. The Hall–Kier alpha value is -2.60. The van der Waals surface area contributed by atoms with Crippen molar-refractivity contribution in [3.05, 3.63) is 59.2 Å². The molecule has 0 atom stereocenters. The summed E-state index contributed by atoms with van der Waals surface area (Å²) in [5, 5.41) is 2.90. The lowest BCUT2D eigenvalue weighted by Gasteiger charge is -2.13. The van der Waals surface area contributed by atoms with Crippen LogP contribution in [0.1, 0.15) is 21.8 Å². The summed E-state index contributed by atoms with van der Waals surface area (Å²) in [7, 11) is 3.89. The Kier molecular flexibility index (Phi) is 4.90. The van der Waals surface area contributed by atoms with Crippen molar-refractivity contribution in [2.75, 3.05) is 27.2 Å². The highest BCUT2D eigenvalue weighted by Gasteiger charge is 2.19. The molecule has 0 unspecified atom stereocenters. The summed E-state index contributed by atoms with van der Waals surface area (Å²) >= 11 is 0. The Labute approximate surface area is 146 Å². The van der Waals surface area contributed by atoms with Gasteiger partial charge in [0.05, 0.1) is 12.1 Å². The van der Waals surface area contributed by atoms with Crippen molar-refractivity contribution in [2.24, 2.45) is 0 Å². The number of fused-ring (bicyclic) bond motifs is 1. The summed E-state index contributed by atoms with van der Waals surface area (Å²) in [6, 6.07) is 10.2. The number of halogens is 1. The van der Waals surface area contributed by atoms with Gasteiger partial charge in [-0.25, -0.2) is 4.39 Å². The number of aromatic nitrogens is 1. The van der Waals surface area contributed by atoms with E-state index in [-0.39, 0.29) is 18.3 Å². The van der Waals surface area contributed by atoms with E-state index in [1.165, 1.54) is 6.07 Å². The molecule has 0 bridgehead atoms. The van der Waals surface area contributed by atoms with Crippen LogP contribution >= 0.6 is 0 Å². The molecule has 0 fully saturated rings. The van der Waals surface area contributed by atoms with E-state index < -0.39 is 0 Å². The van der Waals surface area contributed by atoms with Crippen LogP contribution in [0.5, 0.6) is 0 Å². The van der Waals surface area contributed by atoms with Crippen LogP contribution in [0.3, 0.4) is 0 Å². The molecule has 2 heterocycles. The van der Waals surface area contributed by atoms with Crippen LogP contribution < -0.4 is 5.32 Å². The maximum Gasteiger partial charge on any atom is 0.268 e. The molecule has 0 saturated heterocycles. The van der Waals surface area contributed by atoms with Gasteiger partial charge in [-0.1, -0.05) is 18.2 Å². The number of furan rings is 1. The summed E-state index contributed by atoms with van der Waals surface area (Å²) in [5.41, 5.74) is 2.42. The lowest BCUT2D eigenvalue weighted by Crippen LogP contribution is -2.32. The third kappa shape index (κ3) is 3.74. The molecule has 3 rings (SSSR count). The minimum absolute atomic E-state index is 0.192. The Morgan fingerprint density at radius 2 is 2.04 bits per heavy atom. The highest BCUT2D eigenvalue weighted by atomic mass is 19.1. The van der Waals surface area contributed by atoms with E-state index >= 15 is 0 Å². The Morgan fingerprint density at radius 3 is 2.76 bits per heavy atom. The molecule has 5 nitrogen and oxygen atoms in total. The molecule has 0 aliphatic carbocycles. The number of amides is 1. The van der Waals surface area contributed by atoms with Gasteiger partial charge in [-0.2, -0.15) is 0 Å². The van der Waals surface area contributed by atoms with Crippen molar-refractivity contribution >= 4 is 17.0 Å². The zero-order valence-electron chi connectivity index (χ0n) is 14.7. The summed E-state index contributed by atoms with van der Waals surface area (Å²) < 4.78 is 21.5. The third-order valence-electron chi connectivity index (χ3n) is 4.08. The van der Waals surface area contributed by atoms with Crippen molar-refractivity contribution in [3.63, 3.8) is 0 Å². The van der Waals surface area contributed by atoms with E-state index in [0.717, 1.165) is 17.8 Å². The second-order valence-electron chi connectivity index (χ2n) is 6.37. The fourth-order valence-electron chi connectivity index (χ4n) is 2.80. The van der Waals surface area contributed by atoms with Crippen LogP contribution in [0.15, 0.2) is 40.8 Å². The summed E-state index contributed by atoms with van der Waals surface area (Å²) in [6.45, 7) is 3.40. The molecule has 0 saturated carbocycles. The number of nitrogens with one attached hydrogen (secondary N) is 1. The number of carbonyl (C=O) groups is 1. The van der Waals surface area contributed by atoms with Gasteiger partial charge in [0.2, 0.25) is 0 Å². The first-order valence-electron chi connectivity index (χ1n) is 8.21. The number of likely N-dealkylation sites (N-methyl/N-ethyl adjacent to an activating group) is 1. The zero-order chi connectivity index (χ0) is 18.0. The average Bonchev–Trinajstić information content (AvgIpc) is 3.06. The molecule has 1 aromatic carbocycles. The zero-order valence-corrected chi connectivity index (χ0v) is 14.7. The minimum atomic E-state index is -0.288. The van der Waals surface area contributed by atoms with Crippen molar-refractivity contribution in [1.82, 2.24) is 14.8 Å². The van der Waals surface area contributed by atoms with Crippen molar-refractivity contribution < 1.29 is 13.6 Å². The van der Waals surface area contributed by atoms with E-state index in [4.69, 9.17) is 4.42 Å². The van der Waals surface area contributed by atoms with Gasteiger partial charge in [0, 0.05) is 30.8 Å². The largest absolute Gasteiger partial charge is 0.460 e. The highest BCUT2D eigenvalue weighted by Crippen LogP contribution is 2.25. The topological polar surface area (TPSA) is 50.4 Å². The lowest BCUT2D eigenvalue weighted by molar-refractivity contribution is 0.0942. The normalized spacial score (nSPS) is 11.4. The first-order chi connectivity index (χ1) is 12.0. The van der Waals surface area contributed by atoms with Crippen LogP contribution in [-0.4, -0.2) is 42.6 Å². The predicted octanol–water partition coefficient (Wildman–Crippen LogP) is 3.02. The standard InChI is InChI=1S/C19H22FN3O2/c1-13-10-16-18(25-13)11-17(19(24)21-8-9-22(2)3)23(16)12-14-6-4-5-7-15(14)20/h4-7,10-11H,8-9,12H2,1-3H3,(H,21,24). The molecule has 0 radical (unpaired) electrons. The van der Waals surface area contributed by atoms with Crippen molar-refractivity contribution in [2.45, 2.75) is 13.5 Å². The minimum Gasteiger partial charge on any atom is -0.460 e. The number of carbonyl (C=O) groups excluding carboxylic acids is 1. The molecule has 1 amide bonds. The monoisotopic (exact) mass is 343 g/mol. The molecule has 2 aromatic heterocycles. The lowest BCUT2D eigenvalue weighted by atomic mass is 10.2. The number of aryl methyl sites for hydroxylation is 1. The third-order valence-corrected chi connectivity index (χ3v) is 4.08. The van der Waals surface area contributed by atoms with E-state index in [0.29, 0.717) is 23.4 Å². The summed E-state index contributed by atoms with van der Waals surface area (Å²) in [5.74, 6) is 0.276.